The first-order valence-corrected chi connectivity index (χ1v) is 12.1. The van der Waals surface area contributed by atoms with E-state index in [0.29, 0.717) is 50.6 Å². The molecule has 2 rings (SSSR count). The summed E-state index contributed by atoms with van der Waals surface area (Å²) in [5, 5.41) is 2.04. The van der Waals surface area contributed by atoms with Crippen LogP contribution in [0.5, 0.6) is 11.5 Å². The molecule has 1 aromatic heterocycles. The number of carbonyl (C=O) groups is 2. The molecule has 0 bridgehead atoms. The highest BCUT2D eigenvalue weighted by Gasteiger charge is 2.22. The minimum atomic E-state index is -0.0659. The first-order chi connectivity index (χ1) is 15.9. The van der Waals surface area contributed by atoms with E-state index in [0.717, 1.165) is 16.9 Å². The van der Waals surface area contributed by atoms with Crippen molar-refractivity contribution in [1.29, 1.82) is 0 Å². The standard InChI is InChI=1S/C25H36N2O5S/c1-6-7-24(28)27(13-14-30-3)18-25(29)26(17-23-19(2)11-15-33-23)12-10-20-8-9-21(31-4)22(16-20)32-5/h8-9,11,15-16H,6-7,10,12-14,17-18H2,1-5H3. The van der Waals surface area contributed by atoms with E-state index in [-0.39, 0.29) is 18.4 Å². The van der Waals surface area contributed by atoms with Crippen LogP contribution >= 0.6 is 11.3 Å². The fourth-order valence-corrected chi connectivity index (χ4v) is 4.38. The Kier molecular flexibility index (Phi) is 11.2. The van der Waals surface area contributed by atoms with Crippen LogP contribution in [0.4, 0.5) is 0 Å². The summed E-state index contributed by atoms with van der Waals surface area (Å²) in [6.45, 7) is 5.93. The van der Waals surface area contributed by atoms with Gasteiger partial charge in [0.05, 0.1) is 33.9 Å². The van der Waals surface area contributed by atoms with E-state index in [1.54, 1.807) is 37.6 Å². The third kappa shape index (κ3) is 8.05. The molecule has 1 heterocycles. The van der Waals surface area contributed by atoms with Gasteiger partial charge in [0, 0.05) is 31.5 Å². The summed E-state index contributed by atoms with van der Waals surface area (Å²) in [5.41, 5.74) is 2.22. The molecule has 1 aromatic carbocycles. The molecular weight excluding hydrogens is 440 g/mol. The molecule has 0 radical (unpaired) electrons. The summed E-state index contributed by atoms with van der Waals surface area (Å²) >= 11 is 1.64. The molecule has 182 valence electrons. The Balaban J connectivity index is 2.17. The van der Waals surface area contributed by atoms with Crippen LogP contribution in [0.25, 0.3) is 0 Å². The van der Waals surface area contributed by atoms with Crippen molar-refractivity contribution in [2.75, 3.05) is 47.6 Å². The van der Waals surface area contributed by atoms with Crippen molar-refractivity contribution in [3.8, 4) is 11.5 Å². The lowest BCUT2D eigenvalue weighted by atomic mass is 10.1. The average molecular weight is 477 g/mol. The Hall–Kier alpha value is -2.58. The molecule has 2 aromatic rings. The smallest absolute Gasteiger partial charge is 0.242 e. The highest BCUT2D eigenvalue weighted by Crippen LogP contribution is 2.28. The van der Waals surface area contributed by atoms with Crippen molar-refractivity contribution < 1.29 is 23.8 Å². The van der Waals surface area contributed by atoms with Crippen LogP contribution in [0.3, 0.4) is 0 Å². The van der Waals surface area contributed by atoms with Crippen molar-refractivity contribution in [2.45, 2.75) is 39.7 Å². The second kappa shape index (κ2) is 13.9. The van der Waals surface area contributed by atoms with Gasteiger partial charge in [-0.05, 0) is 54.5 Å². The summed E-state index contributed by atoms with van der Waals surface area (Å²) in [4.78, 5) is 30.5. The number of hydrogen-bond donors (Lipinski definition) is 0. The number of methoxy groups -OCH3 is 3. The van der Waals surface area contributed by atoms with Crippen LogP contribution in [0.1, 0.15) is 35.8 Å². The molecule has 0 aliphatic heterocycles. The van der Waals surface area contributed by atoms with Crippen LogP contribution in [-0.4, -0.2) is 69.2 Å². The first-order valence-electron chi connectivity index (χ1n) is 11.2. The van der Waals surface area contributed by atoms with Gasteiger partial charge >= 0.3 is 0 Å². The number of hydrogen-bond acceptors (Lipinski definition) is 6. The molecule has 33 heavy (non-hydrogen) atoms. The third-order valence-electron chi connectivity index (χ3n) is 5.48. The van der Waals surface area contributed by atoms with Crippen molar-refractivity contribution in [3.63, 3.8) is 0 Å². The Morgan fingerprint density at radius 1 is 0.970 bits per heavy atom. The number of nitrogens with zero attached hydrogens (tertiary/aromatic N) is 2. The zero-order valence-corrected chi connectivity index (χ0v) is 21.2. The molecule has 0 saturated carbocycles. The predicted octanol–water partition coefficient (Wildman–Crippen LogP) is 3.92. The predicted molar refractivity (Wildman–Crippen MR) is 131 cm³/mol. The Labute approximate surface area is 201 Å². The molecule has 0 fully saturated rings. The van der Waals surface area contributed by atoms with E-state index in [1.165, 1.54) is 5.56 Å². The number of rotatable bonds is 14. The van der Waals surface area contributed by atoms with E-state index in [1.807, 2.05) is 35.4 Å². The molecule has 0 unspecified atom stereocenters. The lowest BCUT2D eigenvalue weighted by Crippen LogP contribution is -2.44. The highest BCUT2D eigenvalue weighted by molar-refractivity contribution is 7.10. The van der Waals surface area contributed by atoms with Gasteiger partial charge in [0.25, 0.3) is 0 Å². The van der Waals surface area contributed by atoms with Gasteiger partial charge in [0.15, 0.2) is 11.5 Å². The minimum absolute atomic E-state index is 0.0185. The van der Waals surface area contributed by atoms with Crippen LogP contribution in [0, 0.1) is 6.92 Å². The Morgan fingerprint density at radius 2 is 1.73 bits per heavy atom. The zero-order chi connectivity index (χ0) is 24.2. The molecule has 0 atom stereocenters. The molecule has 7 nitrogen and oxygen atoms in total. The lowest BCUT2D eigenvalue weighted by molar-refractivity contribution is -0.141. The third-order valence-corrected chi connectivity index (χ3v) is 6.49. The number of amides is 2. The summed E-state index contributed by atoms with van der Waals surface area (Å²) < 4.78 is 15.9. The fourth-order valence-electron chi connectivity index (χ4n) is 3.46. The maximum absolute atomic E-state index is 13.4. The number of aryl methyl sites for hydroxylation is 1. The summed E-state index contributed by atoms with van der Waals surface area (Å²) in [7, 11) is 4.81. The van der Waals surface area contributed by atoms with E-state index in [4.69, 9.17) is 14.2 Å². The quantitative estimate of drug-likeness (QED) is 0.413. The number of benzene rings is 1. The largest absolute Gasteiger partial charge is 0.493 e. The Bertz CT molecular complexity index is 899. The maximum atomic E-state index is 13.4. The van der Waals surface area contributed by atoms with Crippen molar-refractivity contribution in [3.05, 3.63) is 45.6 Å². The van der Waals surface area contributed by atoms with E-state index in [2.05, 4.69) is 13.0 Å². The monoisotopic (exact) mass is 476 g/mol. The lowest BCUT2D eigenvalue weighted by Gasteiger charge is -2.28. The molecule has 8 heteroatoms. The van der Waals surface area contributed by atoms with Gasteiger partial charge in [0.2, 0.25) is 11.8 Å². The molecule has 0 N–H and O–H groups in total. The molecule has 2 amide bonds. The molecule has 0 aliphatic rings. The highest BCUT2D eigenvalue weighted by atomic mass is 32.1. The van der Waals surface area contributed by atoms with Crippen LogP contribution < -0.4 is 9.47 Å². The molecule has 0 saturated heterocycles. The second-order valence-electron chi connectivity index (χ2n) is 7.84. The van der Waals surface area contributed by atoms with E-state index in [9.17, 15) is 9.59 Å². The summed E-state index contributed by atoms with van der Waals surface area (Å²) in [5.74, 6) is 1.25. The fraction of sp³-hybridized carbons (Fsp3) is 0.520. The summed E-state index contributed by atoms with van der Waals surface area (Å²) in [6.07, 6.45) is 1.83. The number of thiophene rings is 1. The van der Waals surface area contributed by atoms with Crippen molar-refractivity contribution in [2.24, 2.45) is 0 Å². The first kappa shape index (κ1) is 26.7. The van der Waals surface area contributed by atoms with Crippen molar-refractivity contribution >= 4 is 23.2 Å². The van der Waals surface area contributed by atoms with E-state index < -0.39 is 0 Å². The van der Waals surface area contributed by atoms with Gasteiger partial charge in [-0.15, -0.1) is 11.3 Å². The number of ether oxygens (including phenoxy) is 3. The average Bonchev–Trinajstić information content (AvgIpc) is 3.23. The molecular formula is C25H36N2O5S. The van der Waals surface area contributed by atoms with Gasteiger partial charge in [-0.1, -0.05) is 13.0 Å². The zero-order valence-electron chi connectivity index (χ0n) is 20.4. The normalized spacial score (nSPS) is 10.7. The van der Waals surface area contributed by atoms with Crippen LogP contribution in [0.2, 0.25) is 0 Å². The van der Waals surface area contributed by atoms with Crippen LogP contribution in [-0.2, 0) is 27.3 Å². The van der Waals surface area contributed by atoms with E-state index >= 15 is 0 Å². The van der Waals surface area contributed by atoms with Crippen LogP contribution in [0.15, 0.2) is 29.6 Å². The Morgan fingerprint density at radius 3 is 2.33 bits per heavy atom. The SMILES string of the molecule is CCCC(=O)N(CCOC)CC(=O)N(CCc1ccc(OC)c(OC)c1)Cc1sccc1C. The van der Waals surface area contributed by atoms with Crippen molar-refractivity contribution in [1.82, 2.24) is 9.80 Å². The molecule has 0 aliphatic carbocycles. The number of carbonyl (C=O) groups excluding carboxylic acids is 2. The van der Waals surface area contributed by atoms with Gasteiger partial charge in [-0.2, -0.15) is 0 Å². The summed E-state index contributed by atoms with van der Waals surface area (Å²) in [6, 6.07) is 7.86. The van der Waals surface area contributed by atoms with Gasteiger partial charge < -0.3 is 24.0 Å². The molecule has 0 spiro atoms. The van der Waals surface area contributed by atoms with Gasteiger partial charge in [0.1, 0.15) is 0 Å². The van der Waals surface area contributed by atoms with Gasteiger partial charge in [-0.25, -0.2) is 0 Å². The minimum Gasteiger partial charge on any atom is -0.493 e. The maximum Gasteiger partial charge on any atom is 0.242 e. The second-order valence-corrected chi connectivity index (χ2v) is 8.84. The van der Waals surface area contributed by atoms with Gasteiger partial charge in [-0.3, -0.25) is 9.59 Å². The topological polar surface area (TPSA) is 68.3 Å².